The van der Waals surface area contributed by atoms with Crippen molar-refractivity contribution >= 4 is 23.3 Å². The highest BCUT2D eigenvalue weighted by Gasteiger charge is 2.25. The maximum atomic E-state index is 14.4. The van der Waals surface area contributed by atoms with E-state index in [4.69, 9.17) is 27.2 Å². The Kier molecular flexibility index (Phi) is 4.65. The van der Waals surface area contributed by atoms with Gasteiger partial charge in [0.15, 0.2) is 17.3 Å². The predicted molar refractivity (Wildman–Crippen MR) is 77.5 cm³/mol. The van der Waals surface area contributed by atoms with E-state index in [9.17, 15) is 18.0 Å². The minimum Gasteiger partial charge on any atom is -0.492 e. The van der Waals surface area contributed by atoms with Crippen LogP contribution in [-0.4, -0.2) is 23.2 Å². The number of carboxylic acids is 1. The molecule has 0 saturated carbocycles. The molecule has 0 unspecified atom stereocenters. The van der Waals surface area contributed by atoms with Gasteiger partial charge in [-0.15, -0.1) is 0 Å². The molecule has 2 rings (SSSR count). The Morgan fingerprint density at radius 1 is 1.43 bits per heavy atom. The summed E-state index contributed by atoms with van der Waals surface area (Å²) in [5.74, 6) is -2.89. The van der Waals surface area contributed by atoms with Gasteiger partial charge in [0.1, 0.15) is 0 Å². The highest BCUT2D eigenvalue weighted by atomic mass is 35.5. The molecule has 0 saturated heterocycles. The van der Waals surface area contributed by atoms with Gasteiger partial charge in [0.05, 0.1) is 23.4 Å². The molecule has 122 valence electrons. The second-order valence-electron chi connectivity index (χ2n) is 4.41. The molecule has 2 aromatic rings. The maximum Gasteiger partial charge on any atom is 0.355 e. The van der Waals surface area contributed by atoms with Gasteiger partial charge in [-0.1, -0.05) is 11.6 Å². The number of nitrogens with zero attached hydrogens (tertiary/aromatic N) is 1. The van der Waals surface area contributed by atoms with Gasteiger partial charge < -0.3 is 15.6 Å². The molecule has 23 heavy (non-hydrogen) atoms. The van der Waals surface area contributed by atoms with Crippen LogP contribution in [0.3, 0.4) is 0 Å². The van der Waals surface area contributed by atoms with Crippen LogP contribution in [0.2, 0.25) is 5.02 Å². The Labute approximate surface area is 133 Å². The van der Waals surface area contributed by atoms with Crippen molar-refractivity contribution in [2.45, 2.75) is 6.43 Å². The van der Waals surface area contributed by atoms with E-state index in [1.165, 1.54) is 19.2 Å². The Bertz CT molecular complexity index is 784. The molecule has 0 bridgehead atoms. The summed E-state index contributed by atoms with van der Waals surface area (Å²) in [4.78, 5) is 14.7. The molecule has 1 aromatic carbocycles. The fraction of sp³-hybridized carbons (Fsp3) is 0.143. The highest BCUT2D eigenvalue weighted by Crippen LogP contribution is 2.37. The van der Waals surface area contributed by atoms with E-state index in [2.05, 4.69) is 4.98 Å². The van der Waals surface area contributed by atoms with Crippen molar-refractivity contribution in [3.8, 4) is 17.0 Å². The first kappa shape index (κ1) is 16.9. The van der Waals surface area contributed by atoms with Gasteiger partial charge in [-0.3, -0.25) is 0 Å². The Morgan fingerprint density at radius 2 is 2.09 bits per heavy atom. The van der Waals surface area contributed by atoms with Crippen molar-refractivity contribution in [1.29, 1.82) is 0 Å². The van der Waals surface area contributed by atoms with Gasteiger partial charge in [-0.05, 0) is 18.2 Å². The number of methoxy groups -OCH3 is 1. The Hall–Kier alpha value is -2.48. The molecular formula is C14H10ClF3N2O3. The molecule has 5 nitrogen and oxygen atoms in total. The fourth-order valence-electron chi connectivity index (χ4n) is 2.02. The van der Waals surface area contributed by atoms with Gasteiger partial charge in [-0.25, -0.2) is 22.9 Å². The van der Waals surface area contributed by atoms with Crippen LogP contribution in [0.25, 0.3) is 11.3 Å². The van der Waals surface area contributed by atoms with Gasteiger partial charge in [0.25, 0.3) is 6.43 Å². The minimum atomic E-state index is -3.13. The summed E-state index contributed by atoms with van der Waals surface area (Å²) in [6, 6.07) is 3.49. The topological polar surface area (TPSA) is 85.4 Å². The molecule has 0 aliphatic heterocycles. The van der Waals surface area contributed by atoms with Crippen LogP contribution in [0.4, 0.5) is 18.9 Å². The lowest BCUT2D eigenvalue weighted by atomic mass is 10.1. The largest absolute Gasteiger partial charge is 0.492 e. The van der Waals surface area contributed by atoms with E-state index in [1.807, 2.05) is 0 Å². The number of aromatic nitrogens is 1. The first-order valence-electron chi connectivity index (χ1n) is 6.12. The lowest BCUT2D eigenvalue weighted by Gasteiger charge is -2.13. The number of pyridine rings is 1. The van der Waals surface area contributed by atoms with Crippen LogP contribution in [0.1, 0.15) is 22.5 Å². The first-order valence-corrected chi connectivity index (χ1v) is 6.50. The minimum absolute atomic E-state index is 0.00983. The third kappa shape index (κ3) is 3.02. The van der Waals surface area contributed by atoms with Crippen LogP contribution < -0.4 is 10.5 Å². The van der Waals surface area contributed by atoms with E-state index >= 15 is 0 Å². The third-order valence-corrected chi connectivity index (χ3v) is 3.34. The number of halogens is 4. The lowest BCUT2D eigenvalue weighted by molar-refractivity contribution is 0.0677. The summed E-state index contributed by atoms with van der Waals surface area (Å²) < 4.78 is 45.0. The van der Waals surface area contributed by atoms with E-state index in [0.29, 0.717) is 0 Å². The van der Waals surface area contributed by atoms with Crippen LogP contribution in [-0.2, 0) is 0 Å². The summed E-state index contributed by atoms with van der Waals surface area (Å²) in [7, 11) is 1.19. The quantitative estimate of drug-likeness (QED) is 0.880. The zero-order chi connectivity index (χ0) is 17.3. The number of ether oxygens (including phenoxy) is 1. The fourth-order valence-corrected chi connectivity index (χ4v) is 2.25. The van der Waals surface area contributed by atoms with Crippen LogP contribution in [0.5, 0.6) is 5.75 Å². The van der Waals surface area contributed by atoms with E-state index in [0.717, 1.165) is 6.07 Å². The molecule has 0 aliphatic rings. The first-order chi connectivity index (χ1) is 10.8. The van der Waals surface area contributed by atoms with Crippen molar-refractivity contribution in [2.24, 2.45) is 0 Å². The number of alkyl halides is 2. The van der Waals surface area contributed by atoms with Crippen LogP contribution in [0, 0.1) is 5.82 Å². The Balaban J connectivity index is 2.73. The van der Waals surface area contributed by atoms with Gasteiger partial charge in [0.2, 0.25) is 0 Å². The van der Waals surface area contributed by atoms with Gasteiger partial charge in [-0.2, -0.15) is 0 Å². The zero-order valence-electron chi connectivity index (χ0n) is 11.6. The zero-order valence-corrected chi connectivity index (χ0v) is 12.4. The highest BCUT2D eigenvalue weighted by molar-refractivity contribution is 6.32. The second-order valence-corrected chi connectivity index (χ2v) is 4.81. The number of anilines is 1. The maximum absolute atomic E-state index is 14.4. The predicted octanol–water partition coefficient (Wildman–Crippen LogP) is 3.77. The molecule has 0 amide bonds. The van der Waals surface area contributed by atoms with Crippen molar-refractivity contribution in [3.05, 3.63) is 40.3 Å². The number of nitrogen functional groups attached to an aromatic ring is 1. The molecule has 0 radical (unpaired) electrons. The monoisotopic (exact) mass is 346 g/mol. The molecule has 3 N–H and O–H groups in total. The number of carbonyl (C=O) groups is 1. The van der Waals surface area contributed by atoms with Crippen molar-refractivity contribution in [1.82, 2.24) is 4.98 Å². The van der Waals surface area contributed by atoms with Crippen LogP contribution in [0.15, 0.2) is 18.2 Å². The van der Waals surface area contributed by atoms with Gasteiger partial charge in [0, 0.05) is 11.3 Å². The van der Waals surface area contributed by atoms with Crippen molar-refractivity contribution in [3.63, 3.8) is 0 Å². The molecule has 0 spiro atoms. The average molecular weight is 347 g/mol. The molecule has 9 heteroatoms. The number of hydrogen-bond donors (Lipinski definition) is 2. The van der Waals surface area contributed by atoms with Gasteiger partial charge >= 0.3 is 5.97 Å². The number of rotatable bonds is 4. The van der Waals surface area contributed by atoms with Crippen molar-refractivity contribution in [2.75, 3.05) is 12.8 Å². The number of aromatic carboxylic acids is 1. The standard InChI is InChI=1S/C14H10ClF3N2O3/c1-23-12-6(15)3-2-5(10(12)16)8-4-7(19)9(13(17)18)11(20-8)14(21)22/h2-4,13H,1H3,(H2,19,20)(H,21,22). The summed E-state index contributed by atoms with van der Waals surface area (Å²) in [6.45, 7) is 0. The summed E-state index contributed by atoms with van der Waals surface area (Å²) >= 11 is 5.77. The normalized spacial score (nSPS) is 10.9. The molecular weight excluding hydrogens is 337 g/mol. The molecule has 0 fully saturated rings. The molecule has 0 atom stereocenters. The summed E-state index contributed by atoms with van der Waals surface area (Å²) in [6.07, 6.45) is -3.13. The second kappa shape index (κ2) is 6.33. The number of benzene rings is 1. The van der Waals surface area contributed by atoms with Crippen LogP contribution >= 0.6 is 11.6 Å². The number of nitrogens with two attached hydrogens (primary N) is 1. The van der Waals surface area contributed by atoms with E-state index < -0.39 is 35.2 Å². The third-order valence-electron chi connectivity index (χ3n) is 3.04. The molecule has 1 aromatic heterocycles. The van der Waals surface area contributed by atoms with Crippen molar-refractivity contribution < 1.29 is 27.8 Å². The number of hydrogen-bond acceptors (Lipinski definition) is 4. The lowest BCUT2D eigenvalue weighted by Crippen LogP contribution is -2.11. The average Bonchev–Trinajstić information content (AvgIpc) is 2.46. The van der Waals surface area contributed by atoms with E-state index in [1.54, 1.807) is 0 Å². The summed E-state index contributed by atoms with van der Waals surface area (Å²) in [5, 5.41) is 9.02. The SMILES string of the molecule is COc1c(Cl)ccc(-c2cc(N)c(C(F)F)c(C(=O)O)n2)c1F. The van der Waals surface area contributed by atoms with E-state index in [-0.39, 0.29) is 22.0 Å². The molecule has 1 heterocycles. The smallest absolute Gasteiger partial charge is 0.355 e. The summed E-state index contributed by atoms with van der Waals surface area (Å²) in [5.41, 5.74) is 2.72. The molecule has 0 aliphatic carbocycles. The number of carboxylic acid groups (broad SMARTS) is 1. The Morgan fingerprint density at radius 3 is 2.61 bits per heavy atom.